The zero-order valence-electron chi connectivity index (χ0n) is 11.5. The fourth-order valence-corrected chi connectivity index (χ4v) is 2.56. The van der Waals surface area contributed by atoms with Crippen LogP contribution in [0, 0.1) is 10.1 Å². The third-order valence-electron chi connectivity index (χ3n) is 3.37. The highest BCUT2D eigenvalue weighted by molar-refractivity contribution is 9.10. The van der Waals surface area contributed by atoms with Gasteiger partial charge < -0.3 is 9.64 Å². The largest absolute Gasteiger partial charge is 0.473 e. The minimum absolute atomic E-state index is 0.0330. The molecule has 1 aliphatic heterocycles. The molecule has 0 bridgehead atoms. The number of ether oxygens (including phenoxy) is 1. The summed E-state index contributed by atoms with van der Waals surface area (Å²) in [5, 5.41) is 10.9. The molecule has 2 rings (SSSR count). The van der Waals surface area contributed by atoms with E-state index in [1.54, 1.807) is 0 Å². The number of alkyl halides is 1. The number of halogens is 2. The monoisotopic (exact) mass is 361 g/mol. The molecule has 1 aromatic rings. The van der Waals surface area contributed by atoms with Gasteiger partial charge in [-0.25, -0.2) is 9.37 Å². The van der Waals surface area contributed by atoms with Crippen molar-refractivity contribution in [1.29, 1.82) is 0 Å². The van der Waals surface area contributed by atoms with Gasteiger partial charge in [-0.1, -0.05) is 0 Å². The third-order valence-corrected chi connectivity index (χ3v) is 3.80. The zero-order chi connectivity index (χ0) is 15.2. The SMILES string of the molecule is O=[N+]([O-])c1cc(Br)cnc1OCCCN1CCC(F)CC1. The van der Waals surface area contributed by atoms with Crippen LogP contribution >= 0.6 is 15.9 Å². The van der Waals surface area contributed by atoms with Crippen molar-refractivity contribution in [1.82, 2.24) is 9.88 Å². The van der Waals surface area contributed by atoms with E-state index in [0.29, 0.717) is 23.9 Å². The van der Waals surface area contributed by atoms with E-state index < -0.39 is 11.1 Å². The second kappa shape index (κ2) is 7.65. The van der Waals surface area contributed by atoms with Gasteiger partial charge in [0.1, 0.15) is 6.17 Å². The van der Waals surface area contributed by atoms with Gasteiger partial charge >= 0.3 is 5.69 Å². The number of aromatic nitrogens is 1. The van der Waals surface area contributed by atoms with Gasteiger partial charge in [0.25, 0.3) is 5.88 Å². The zero-order valence-corrected chi connectivity index (χ0v) is 13.1. The molecule has 0 atom stereocenters. The van der Waals surface area contributed by atoms with E-state index in [2.05, 4.69) is 25.8 Å². The molecule has 2 heterocycles. The number of nitro groups is 1. The van der Waals surface area contributed by atoms with E-state index in [0.717, 1.165) is 26.1 Å². The topological polar surface area (TPSA) is 68.5 Å². The molecule has 0 unspecified atom stereocenters. The smallest absolute Gasteiger partial charge is 0.332 e. The molecule has 1 aromatic heterocycles. The highest BCUT2D eigenvalue weighted by Gasteiger charge is 2.19. The number of rotatable bonds is 6. The van der Waals surface area contributed by atoms with Crippen molar-refractivity contribution >= 4 is 21.6 Å². The maximum absolute atomic E-state index is 13.0. The van der Waals surface area contributed by atoms with Crippen LogP contribution < -0.4 is 4.74 Å². The fraction of sp³-hybridized carbons (Fsp3) is 0.615. The molecule has 0 N–H and O–H groups in total. The fourth-order valence-electron chi connectivity index (χ4n) is 2.24. The molecule has 0 spiro atoms. The molecule has 6 nitrogen and oxygen atoms in total. The Kier molecular flexibility index (Phi) is 5.86. The Morgan fingerprint density at radius 2 is 2.24 bits per heavy atom. The van der Waals surface area contributed by atoms with Crippen LogP contribution in [0.1, 0.15) is 19.3 Å². The molecule has 0 saturated carbocycles. The summed E-state index contributed by atoms with van der Waals surface area (Å²) in [6, 6.07) is 1.37. The molecular formula is C13H17BrFN3O3. The van der Waals surface area contributed by atoms with Gasteiger partial charge in [0.2, 0.25) is 0 Å². The summed E-state index contributed by atoms with van der Waals surface area (Å²) in [4.78, 5) is 16.5. The molecule has 21 heavy (non-hydrogen) atoms. The average Bonchev–Trinajstić information content (AvgIpc) is 2.46. The second-order valence-corrected chi connectivity index (χ2v) is 5.87. The standard InChI is InChI=1S/C13H17BrFN3O3/c14-10-8-12(18(19)20)13(16-9-10)21-7-1-4-17-5-2-11(15)3-6-17/h8-9,11H,1-7H2. The summed E-state index contributed by atoms with van der Waals surface area (Å²) in [6.45, 7) is 2.68. The lowest BCUT2D eigenvalue weighted by Gasteiger charge is -2.28. The Morgan fingerprint density at radius 1 is 1.52 bits per heavy atom. The first-order valence-corrected chi connectivity index (χ1v) is 7.64. The lowest BCUT2D eigenvalue weighted by molar-refractivity contribution is -0.386. The maximum atomic E-state index is 13.0. The van der Waals surface area contributed by atoms with Crippen molar-refractivity contribution in [2.24, 2.45) is 0 Å². The number of pyridine rings is 1. The summed E-state index contributed by atoms with van der Waals surface area (Å²) in [5.41, 5.74) is -0.150. The molecule has 1 saturated heterocycles. The quantitative estimate of drug-likeness (QED) is 0.442. The number of nitrogens with zero attached hydrogens (tertiary/aromatic N) is 3. The van der Waals surface area contributed by atoms with Gasteiger partial charge in [0, 0.05) is 36.4 Å². The maximum Gasteiger partial charge on any atom is 0.332 e. The summed E-state index contributed by atoms with van der Waals surface area (Å²) in [5.74, 6) is 0.0330. The highest BCUT2D eigenvalue weighted by atomic mass is 79.9. The van der Waals surface area contributed by atoms with Crippen molar-refractivity contribution < 1.29 is 14.1 Å². The van der Waals surface area contributed by atoms with E-state index in [1.165, 1.54) is 12.3 Å². The van der Waals surface area contributed by atoms with Gasteiger partial charge in [0.05, 0.1) is 11.5 Å². The predicted molar refractivity (Wildman–Crippen MR) is 79.3 cm³/mol. The van der Waals surface area contributed by atoms with Crippen LogP contribution in [-0.4, -0.2) is 47.2 Å². The summed E-state index contributed by atoms with van der Waals surface area (Å²) >= 11 is 3.14. The lowest BCUT2D eigenvalue weighted by atomic mass is 10.1. The first kappa shape index (κ1) is 16.1. The highest BCUT2D eigenvalue weighted by Crippen LogP contribution is 2.27. The molecule has 1 aliphatic rings. The molecule has 116 valence electrons. The Bertz CT molecular complexity index is 496. The minimum atomic E-state index is -0.674. The first-order chi connectivity index (χ1) is 10.1. The summed E-state index contributed by atoms with van der Waals surface area (Å²) in [7, 11) is 0. The van der Waals surface area contributed by atoms with Crippen molar-refractivity contribution in [2.75, 3.05) is 26.2 Å². The Balaban J connectivity index is 1.77. The number of piperidine rings is 1. The van der Waals surface area contributed by atoms with E-state index in [1.807, 2.05) is 0 Å². The van der Waals surface area contributed by atoms with Crippen LogP contribution in [0.3, 0.4) is 0 Å². The van der Waals surface area contributed by atoms with E-state index in [4.69, 9.17) is 4.74 Å². The Hall–Kier alpha value is -1.28. The molecule has 0 aromatic carbocycles. The Labute approximate surface area is 130 Å². The lowest BCUT2D eigenvalue weighted by Crippen LogP contribution is -2.35. The van der Waals surface area contributed by atoms with Gasteiger partial charge in [0.15, 0.2) is 0 Å². The predicted octanol–water partition coefficient (Wildman–Crippen LogP) is 2.96. The van der Waals surface area contributed by atoms with Crippen molar-refractivity contribution in [2.45, 2.75) is 25.4 Å². The van der Waals surface area contributed by atoms with Crippen LogP contribution in [0.25, 0.3) is 0 Å². The van der Waals surface area contributed by atoms with Crippen LogP contribution in [0.2, 0.25) is 0 Å². The van der Waals surface area contributed by atoms with Crippen LogP contribution in [-0.2, 0) is 0 Å². The summed E-state index contributed by atoms with van der Waals surface area (Å²) in [6.07, 6.45) is 2.69. The molecular weight excluding hydrogens is 345 g/mol. The normalized spacial score (nSPS) is 16.9. The van der Waals surface area contributed by atoms with Gasteiger partial charge in [-0.2, -0.15) is 0 Å². The number of hydrogen-bond acceptors (Lipinski definition) is 5. The molecule has 0 aliphatic carbocycles. The third kappa shape index (κ3) is 4.89. The van der Waals surface area contributed by atoms with Crippen LogP contribution in [0.5, 0.6) is 5.88 Å². The molecule has 0 amide bonds. The molecule has 8 heteroatoms. The van der Waals surface area contributed by atoms with E-state index >= 15 is 0 Å². The van der Waals surface area contributed by atoms with Crippen molar-refractivity contribution in [3.8, 4) is 5.88 Å². The second-order valence-electron chi connectivity index (χ2n) is 4.95. The molecule has 0 radical (unpaired) electrons. The van der Waals surface area contributed by atoms with E-state index in [9.17, 15) is 14.5 Å². The summed E-state index contributed by atoms with van der Waals surface area (Å²) < 4.78 is 18.9. The van der Waals surface area contributed by atoms with Crippen molar-refractivity contribution in [3.05, 3.63) is 26.9 Å². The van der Waals surface area contributed by atoms with E-state index in [-0.39, 0.29) is 11.6 Å². The van der Waals surface area contributed by atoms with Gasteiger partial charge in [-0.05, 0) is 35.2 Å². The number of hydrogen-bond donors (Lipinski definition) is 0. The Morgan fingerprint density at radius 3 is 2.90 bits per heavy atom. The minimum Gasteiger partial charge on any atom is -0.473 e. The first-order valence-electron chi connectivity index (χ1n) is 6.85. The van der Waals surface area contributed by atoms with Crippen molar-refractivity contribution in [3.63, 3.8) is 0 Å². The van der Waals surface area contributed by atoms with Crippen LogP contribution in [0.15, 0.2) is 16.7 Å². The number of likely N-dealkylation sites (tertiary alicyclic amines) is 1. The van der Waals surface area contributed by atoms with Gasteiger partial charge in [-0.3, -0.25) is 10.1 Å². The molecule has 1 fully saturated rings. The van der Waals surface area contributed by atoms with Crippen LogP contribution in [0.4, 0.5) is 10.1 Å². The van der Waals surface area contributed by atoms with Gasteiger partial charge in [-0.15, -0.1) is 0 Å². The average molecular weight is 362 g/mol.